The van der Waals surface area contributed by atoms with Crippen LogP contribution in [-0.4, -0.2) is 47.1 Å². The molecule has 1 heterocycles. The summed E-state index contributed by atoms with van der Waals surface area (Å²) in [7, 11) is 0. The van der Waals surface area contributed by atoms with Crippen LogP contribution in [-0.2, 0) is 18.6 Å². The second-order valence-electron chi connectivity index (χ2n) is 9.49. The first kappa shape index (κ1) is 31.0. The molecule has 0 unspecified atom stereocenters. The molecular weight excluding hydrogens is 496 g/mol. The Balaban J connectivity index is 0.00000193. The molecule has 192 valence electrons. The fraction of sp³-hybridized carbons (Fsp3) is 0.538. The summed E-state index contributed by atoms with van der Waals surface area (Å²) in [5.41, 5.74) is 2.60. The molecule has 1 saturated carbocycles. The number of aromatic hydroxyl groups is 1. The molecule has 4 nitrogen and oxygen atoms in total. The molecule has 34 heavy (non-hydrogen) atoms. The average molecular weight is 535 g/mol. The molecule has 4 rings (SSSR count). The van der Waals surface area contributed by atoms with E-state index in [0.29, 0.717) is 18.3 Å². The maximum Gasteiger partial charge on any atom is 0.128 e. The molecule has 0 amide bonds. The van der Waals surface area contributed by atoms with Gasteiger partial charge >= 0.3 is 0 Å². The van der Waals surface area contributed by atoms with Crippen molar-refractivity contribution in [3.05, 3.63) is 65.0 Å². The zero-order valence-corrected chi connectivity index (χ0v) is 22.6. The van der Waals surface area contributed by atoms with E-state index in [-0.39, 0.29) is 48.6 Å². The molecule has 2 fully saturated rings. The van der Waals surface area contributed by atoms with E-state index in [0.717, 1.165) is 75.1 Å². The van der Waals surface area contributed by atoms with Crippen LogP contribution >= 0.6 is 37.2 Å². The minimum Gasteiger partial charge on any atom is -0.508 e. The molecule has 1 aliphatic heterocycles. The molecule has 1 aliphatic carbocycles. The minimum atomic E-state index is -0.295. The van der Waals surface area contributed by atoms with E-state index in [1.807, 2.05) is 18.2 Å². The summed E-state index contributed by atoms with van der Waals surface area (Å²) in [6.45, 7) is 10.1. The monoisotopic (exact) mass is 533 g/mol. The van der Waals surface area contributed by atoms with Gasteiger partial charge in [0.2, 0.25) is 0 Å². The second-order valence-corrected chi connectivity index (χ2v) is 9.49. The fourth-order valence-corrected chi connectivity index (χ4v) is 5.19. The van der Waals surface area contributed by atoms with Crippen molar-refractivity contribution in [2.75, 3.05) is 26.2 Å². The predicted molar refractivity (Wildman–Crippen MR) is 145 cm³/mol. The number of hydrogen-bond donors (Lipinski definition) is 2. The maximum absolute atomic E-state index is 14.6. The van der Waals surface area contributed by atoms with Crippen LogP contribution in [0.15, 0.2) is 42.5 Å². The van der Waals surface area contributed by atoms with Crippen molar-refractivity contribution in [3.8, 4) is 5.75 Å². The van der Waals surface area contributed by atoms with Crippen LogP contribution in [0.25, 0.3) is 0 Å². The Labute approximate surface area is 222 Å². The van der Waals surface area contributed by atoms with Gasteiger partial charge in [-0.15, -0.1) is 37.2 Å². The van der Waals surface area contributed by atoms with Gasteiger partial charge in [0, 0.05) is 62.0 Å². The van der Waals surface area contributed by atoms with Crippen LogP contribution in [0.3, 0.4) is 0 Å². The Morgan fingerprint density at radius 3 is 2.24 bits per heavy atom. The number of nitrogens with one attached hydrogen (secondary N) is 1. The average Bonchev–Trinajstić information content (AvgIpc) is 3.25. The van der Waals surface area contributed by atoms with Gasteiger partial charge in [-0.1, -0.05) is 37.1 Å². The van der Waals surface area contributed by atoms with Crippen molar-refractivity contribution < 1.29 is 9.50 Å². The number of benzene rings is 2. The zero-order chi connectivity index (χ0) is 21.8. The maximum atomic E-state index is 14.6. The Morgan fingerprint density at radius 2 is 1.62 bits per heavy atom. The number of piperazine rings is 1. The van der Waals surface area contributed by atoms with Gasteiger partial charge in [-0.25, -0.2) is 4.39 Å². The topological polar surface area (TPSA) is 38.7 Å². The summed E-state index contributed by atoms with van der Waals surface area (Å²) in [6.07, 6.45) is 4.15. The molecule has 2 aliphatic rings. The summed E-state index contributed by atoms with van der Waals surface area (Å²) in [6, 6.07) is 13.7. The first-order valence-corrected chi connectivity index (χ1v) is 11.7. The van der Waals surface area contributed by atoms with Crippen LogP contribution in [0.4, 0.5) is 4.39 Å². The second kappa shape index (κ2) is 13.9. The highest BCUT2D eigenvalue weighted by molar-refractivity contribution is 5.86. The molecule has 2 N–H and O–H groups in total. The number of hydrogen-bond acceptors (Lipinski definition) is 4. The lowest BCUT2D eigenvalue weighted by Gasteiger charge is -2.37. The lowest BCUT2D eigenvalue weighted by atomic mass is 9.87. The van der Waals surface area contributed by atoms with Crippen molar-refractivity contribution in [2.45, 2.75) is 64.2 Å². The van der Waals surface area contributed by atoms with E-state index >= 15 is 0 Å². The lowest BCUT2D eigenvalue weighted by molar-refractivity contribution is 0.103. The lowest BCUT2D eigenvalue weighted by Crippen LogP contribution is -2.48. The molecule has 0 bridgehead atoms. The SMILES string of the molecule is CC(C)N1CCN(Cc2cc(CNC3(c4ccccc4F)CCCC3)ccc2O)CC1.Cl.Cl.Cl. The molecule has 0 radical (unpaired) electrons. The standard InChI is InChI=1S/C26H36FN3O.3ClH/c1-20(2)30-15-13-29(14-16-30)19-22-17-21(9-10-25(22)31)18-28-26(11-5-6-12-26)23-7-3-4-8-24(23)27;;;/h3-4,7-10,17,20,28,31H,5-6,11-16,18-19H2,1-2H3;3*1H. The number of halogens is 4. The summed E-state index contributed by atoms with van der Waals surface area (Å²) in [4.78, 5) is 4.92. The van der Waals surface area contributed by atoms with Crippen LogP contribution in [0.5, 0.6) is 5.75 Å². The highest BCUT2D eigenvalue weighted by Crippen LogP contribution is 2.40. The quantitative estimate of drug-likeness (QED) is 0.465. The Hall–Kier alpha value is -1.08. The van der Waals surface area contributed by atoms with Crippen molar-refractivity contribution >= 4 is 37.2 Å². The Morgan fingerprint density at radius 1 is 0.971 bits per heavy atom. The molecule has 2 aromatic carbocycles. The van der Waals surface area contributed by atoms with Gasteiger partial charge in [0.25, 0.3) is 0 Å². The van der Waals surface area contributed by atoms with Gasteiger partial charge in [0.15, 0.2) is 0 Å². The molecular formula is C26H39Cl3FN3O. The van der Waals surface area contributed by atoms with Crippen molar-refractivity contribution in [2.24, 2.45) is 0 Å². The van der Waals surface area contributed by atoms with Crippen molar-refractivity contribution in [3.63, 3.8) is 0 Å². The van der Waals surface area contributed by atoms with Gasteiger partial charge in [0.05, 0.1) is 0 Å². The van der Waals surface area contributed by atoms with E-state index in [1.165, 1.54) is 0 Å². The molecule has 0 spiro atoms. The van der Waals surface area contributed by atoms with Gasteiger partial charge in [0.1, 0.15) is 11.6 Å². The van der Waals surface area contributed by atoms with E-state index < -0.39 is 0 Å². The number of rotatable bonds is 7. The summed E-state index contributed by atoms with van der Waals surface area (Å²) in [5, 5.41) is 14.1. The number of phenols is 1. The van der Waals surface area contributed by atoms with Crippen molar-refractivity contribution in [1.82, 2.24) is 15.1 Å². The van der Waals surface area contributed by atoms with Gasteiger partial charge in [-0.3, -0.25) is 9.80 Å². The Bertz CT molecular complexity index is 885. The summed E-state index contributed by atoms with van der Waals surface area (Å²) < 4.78 is 14.6. The van der Waals surface area contributed by atoms with E-state index in [9.17, 15) is 9.50 Å². The van der Waals surface area contributed by atoms with E-state index in [2.05, 4.69) is 35.0 Å². The molecule has 1 saturated heterocycles. The first-order valence-electron chi connectivity index (χ1n) is 11.7. The minimum absolute atomic E-state index is 0. The highest BCUT2D eigenvalue weighted by Gasteiger charge is 2.37. The number of phenolic OH excluding ortho intramolecular Hbond substituents is 1. The van der Waals surface area contributed by atoms with Gasteiger partial charge in [-0.2, -0.15) is 0 Å². The van der Waals surface area contributed by atoms with Crippen LogP contribution in [0.1, 0.15) is 56.2 Å². The summed E-state index contributed by atoms with van der Waals surface area (Å²) >= 11 is 0. The molecule has 2 aromatic rings. The van der Waals surface area contributed by atoms with Crippen molar-refractivity contribution in [1.29, 1.82) is 0 Å². The predicted octanol–water partition coefficient (Wildman–Crippen LogP) is 5.88. The molecule has 0 aromatic heterocycles. The van der Waals surface area contributed by atoms with E-state index in [4.69, 9.17) is 0 Å². The van der Waals surface area contributed by atoms with Gasteiger partial charge in [-0.05, 0) is 50.5 Å². The van der Waals surface area contributed by atoms with Gasteiger partial charge < -0.3 is 10.4 Å². The zero-order valence-electron chi connectivity index (χ0n) is 20.1. The number of nitrogens with zero attached hydrogens (tertiary/aromatic N) is 2. The third-order valence-electron chi connectivity index (χ3n) is 7.15. The fourth-order valence-electron chi connectivity index (χ4n) is 5.19. The smallest absolute Gasteiger partial charge is 0.128 e. The first-order chi connectivity index (χ1) is 15.0. The Kier molecular flexibility index (Phi) is 12.6. The van der Waals surface area contributed by atoms with E-state index in [1.54, 1.807) is 18.2 Å². The largest absolute Gasteiger partial charge is 0.508 e. The third-order valence-corrected chi connectivity index (χ3v) is 7.15. The van der Waals surface area contributed by atoms with Crippen LogP contribution in [0, 0.1) is 5.82 Å². The highest BCUT2D eigenvalue weighted by atomic mass is 35.5. The molecule has 0 atom stereocenters. The third kappa shape index (κ3) is 7.22. The normalized spacial score (nSPS) is 18.1. The summed E-state index contributed by atoms with van der Waals surface area (Å²) in [5.74, 6) is 0.239. The molecule has 8 heteroatoms. The van der Waals surface area contributed by atoms with Crippen LogP contribution < -0.4 is 5.32 Å². The van der Waals surface area contributed by atoms with Crippen LogP contribution in [0.2, 0.25) is 0 Å².